The maximum absolute atomic E-state index is 13.3. The van der Waals surface area contributed by atoms with Crippen molar-refractivity contribution in [3.8, 4) is 0 Å². The fourth-order valence-electron chi connectivity index (χ4n) is 1.11. The molecule has 0 radical (unpaired) electrons. The fourth-order valence-corrected chi connectivity index (χ4v) is 1.32. The van der Waals surface area contributed by atoms with Gasteiger partial charge in [0.05, 0.1) is 5.02 Å². The van der Waals surface area contributed by atoms with Gasteiger partial charge in [-0.05, 0) is 25.1 Å². The van der Waals surface area contributed by atoms with E-state index in [0.717, 1.165) is 19.1 Å². The van der Waals surface area contributed by atoms with Crippen LogP contribution in [0.5, 0.6) is 0 Å². The van der Waals surface area contributed by atoms with Crippen LogP contribution in [0.1, 0.15) is 12.5 Å². The summed E-state index contributed by atoms with van der Waals surface area (Å²) >= 11 is 5.69. The number of aliphatic carboxylic acids is 1. The third-order valence-electron chi connectivity index (χ3n) is 1.90. The molecule has 0 amide bonds. The van der Waals surface area contributed by atoms with E-state index in [0.29, 0.717) is 0 Å². The summed E-state index contributed by atoms with van der Waals surface area (Å²) in [5, 5.41) is 8.79. The molecule has 0 unspecified atom stereocenters. The van der Waals surface area contributed by atoms with Gasteiger partial charge in [-0.1, -0.05) is 17.7 Å². The number of carboxylic acid groups (broad SMARTS) is 1. The van der Waals surface area contributed by atoms with Crippen molar-refractivity contribution >= 4 is 29.4 Å². The summed E-state index contributed by atoms with van der Waals surface area (Å²) in [4.78, 5) is 21.7. The molecule has 1 N–H and O–H groups in total. The lowest BCUT2D eigenvalue weighted by molar-refractivity contribution is -0.134. The second-order valence-electron chi connectivity index (χ2n) is 3.05. The number of carbonyl (C=O) groups is 2. The molecular weight excluding hydrogens is 235 g/mol. The number of rotatable bonds is 3. The van der Waals surface area contributed by atoms with Crippen LogP contribution in [0, 0.1) is 5.82 Å². The Morgan fingerprint density at radius 3 is 2.50 bits per heavy atom. The zero-order chi connectivity index (χ0) is 12.3. The van der Waals surface area contributed by atoms with Crippen LogP contribution in [0.25, 0.3) is 6.08 Å². The van der Waals surface area contributed by atoms with Crippen molar-refractivity contribution < 1.29 is 19.1 Å². The quantitative estimate of drug-likeness (QED) is 0.503. The first-order valence-electron chi connectivity index (χ1n) is 4.33. The summed E-state index contributed by atoms with van der Waals surface area (Å²) in [7, 11) is 0. The number of hydrogen-bond acceptors (Lipinski definition) is 2. The number of ketones is 1. The Bertz CT molecular complexity index is 444. The molecule has 0 aromatic heterocycles. The van der Waals surface area contributed by atoms with Crippen molar-refractivity contribution in [2.45, 2.75) is 6.92 Å². The van der Waals surface area contributed by atoms with Gasteiger partial charge in [-0.25, -0.2) is 9.18 Å². The molecule has 1 rings (SSSR count). The Kier molecular flexibility index (Phi) is 3.79. The van der Waals surface area contributed by atoms with E-state index in [9.17, 15) is 14.0 Å². The van der Waals surface area contributed by atoms with E-state index in [1.165, 1.54) is 12.1 Å². The van der Waals surface area contributed by atoms with Gasteiger partial charge in [-0.3, -0.25) is 4.79 Å². The molecule has 1 aromatic rings. The zero-order valence-corrected chi connectivity index (χ0v) is 9.08. The van der Waals surface area contributed by atoms with E-state index >= 15 is 0 Å². The second kappa shape index (κ2) is 4.90. The molecule has 16 heavy (non-hydrogen) atoms. The lowest BCUT2D eigenvalue weighted by Gasteiger charge is -2.01. The highest BCUT2D eigenvalue weighted by Gasteiger charge is 2.15. The Hall–Kier alpha value is -1.68. The molecule has 0 spiro atoms. The predicted molar refractivity (Wildman–Crippen MR) is 57.7 cm³/mol. The van der Waals surface area contributed by atoms with E-state index < -0.39 is 23.1 Å². The van der Waals surface area contributed by atoms with Crippen molar-refractivity contribution in [3.05, 3.63) is 40.2 Å². The predicted octanol–water partition coefficient (Wildman–Crippen LogP) is 2.54. The second-order valence-corrected chi connectivity index (χ2v) is 3.46. The topological polar surface area (TPSA) is 54.4 Å². The molecule has 0 saturated heterocycles. The van der Waals surface area contributed by atoms with Crippen LogP contribution in [0.3, 0.4) is 0 Å². The van der Waals surface area contributed by atoms with E-state index in [2.05, 4.69) is 0 Å². The lowest BCUT2D eigenvalue weighted by atomic mass is 10.1. The van der Waals surface area contributed by atoms with Crippen LogP contribution in [0.2, 0.25) is 5.02 Å². The summed E-state index contributed by atoms with van der Waals surface area (Å²) in [6, 6.07) is 3.94. The molecular formula is C11H8ClFO3. The molecule has 0 atom stereocenters. The minimum atomic E-state index is -1.41. The molecule has 1 aromatic carbocycles. The van der Waals surface area contributed by atoms with Crippen LogP contribution in [-0.2, 0) is 9.59 Å². The Labute approximate surface area is 96.2 Å². The average Bonchev–Trinajstić information content (AvgIpc) is 2.15. The van der Waals surface area contributed by atoms with E-state index in [-0.39, 0.29) is 10.6 Å². The highest BCUT2D eigenvalue weighted by Crippen LogP contribution is 2.22. The molecule has 0 aliphatic heterocycles. The summed E-state index contributed by atoms with van der Waals surface area (Å²) in [5.74, 6) is -2.74. The van der Waals surface area contributed by atoms with Crippen molar-refractivity contribution in [3.63, 3.8) is 0 Å². The monoisotopic (exact) mass is 242 g/mol. The SMILES string of the molecule is CC(=O)C(=Cc1c(F)cccc1Cl)C(=O)O. The Morgan fingerprint density at radius 2 is 2.06 bits per heavy atom. The van der Waals surface area contributed by atoms with Gasteiger partial charge in [0, 0.05) is 5.56 Å². The van der Waals surface area contributed by atoms with Gasteiger partial charge < -0.3 is 5.11 Å². The first kappa shape index (κ1) is 12.4. The third kappa shape index (κ3) is 2.67. The molecule has 0 aliphatic rings. The summed E-state index contributed by atoms with van der Waals surface area (Å²) in [5.41, 5.74) is -0.608. The third-order valence-corrected chi connectivity index (χ3v) is 2.23. The number of hydrogen-bond donors (Lipinski definition) is 1. The Balaban J connectivity index is 3.34. The minimum Gasteiger partial charge on any atom is -0.478 e. The van der Waals surface area contributed by atoms with Crippen molar-refractivity contribution in [2.24, 2.45) is 0 Å². The normalized spacial score (nSPS) is 11.3. The smallest absolute Gasteiger partial charge is 0.339 e. The number of benzene rings is 1. The molecule has 5 heteroatoms. The molecule has 0 saturated carbocycles. The van der Waals surface area contributed by atoms with Crippen LogP contribution in [0.15, 0.2) is 23.8 Å². The van der Waals surface area contributed by atoms with Gasteiger partial charge in [0.1, 0.15) is 11.4 Å². The zero-order valence-electron chi connectivity index (χ0n) is 8.33. The first-order valence-corrected chi connectivity index (χ1v) is 4.71. The van der Waals surface area contributed by atoms with E-state index in [1.54, 1.807) is 0 Å². The van der Waals surface area contributed by atoms with Crippen molar-refractivity contribution in [2.75, 3.05) is 0 Å². The minimum absolute atomic E-state index is 0.0556. The number of Topliss-reactive ketones (excluding diaryl/α,β-unsaturated/α-hetero) is 1. The highest BCUT2D eigenvalue weighted by molar-refractivity contribution is 6.32. The molecule has 3 nitrogen and oxygen atoms in total. The molecule has 0 fully saturated rings. The lowest BCUT2D eigenvalue weighted by Crippen LogP contribution is -2.08. The van der Waals surface area contributed by atoms with Crippen LogP contribution < -0.4 is 0 Å². The van der Waals surface area contributed by atoms with Gasteiger partial charge in [0.15, 0.2) is 5.78 Å². The van der Waals surface area contributed by atoms with Gasteiger partial charge in [-0.15, -0.1) is 0 Å². The maximum atomic E-state index is 13.3. The maximum Gasteiger partial charge on any atom is 0.339 e. The van der Waals surface area contributed by atoms with Gasteiger partial charge in [0.25, 0.3) is 0 Å². The van der Waals surface area contributed by atoms with Gasteiger partial charge >= 0.3 is 5.97 Å². The molecule has 0 heterocycles. The number of carboxylic acids is 1. The molecule has 0 bridgehead atoms. The average molecular weight is 243 g/mol. The van der Waals surface area contributed by atoms with Crippen molar-refractivity contribution in [1.82, 2.24) is 0 Å². The van der Waals surface area contributed by atoms with Crippen LogP contribution in [0.4, 0.5) is 4.39 Å². The largest absolute Gasteiger partial charge is 0.478 e. The van der Waals surface area contributed by atoms with Gasteiger partial charge in [0.2, 0.25) is 0 Å². The van der Waals surface area contributed by atoms with E-state index in [1.807, 2.05) is 0 Å². The van der Waals surface area contributed by atoms with E-state index in [4.69, 9.17) is 16.7 Å². The summed E-state index contributed by atoms with van der Waals surface area (Å²) in [6.07, 6.45) is 0.933. The number of carbonyl (C=O) groups excluding carboxylic acids is 1. The summed E-state index contributed by atoms with van der Waals surface area (Å²) in [6.45, 7) is 1.09. The van der Waals surface area contributed by atoms with Gasteiger partial charge in [-0.2, -0.15) is 0 Å². The fraction of sp³-hybridized carbons (Fsp3) is 0.0909. The summed E-state index contributed by atoms with van der Waals surface area (Å²) < 4.78 is 13.3. The van der Waals surface area contributed by atoms with Crippen LogP contribution in [-0.4, -0.2) is 16.9 Å². The first-order chi connectivity index (χ1) is 7.43. The highest BCUT2D eigenvalue weighted by atomic mass is 35.5. The molecule has 84 valence electrons. The molecule has 0 aliphatic carbocycles. The number of halogens is 2. The Morgan fingerprint density at radius 1 is 1.44 bits per heavy atom. The standard InChI is InChI=1S/C11H8ClFO3/c1-6(14)7(11(15)16)5-8-9(12)3-2-4-10(8)13/h2-5H,1H3,(H,15,16). The van der Waals surface area contributed by atoms with Crippen molar-refractivity contribution in [1.29, 1.82) is 0 Å². The van der Waals surface area contributed by atoms with Crippen LogP contribution >= 0.6 is 11.6 Å².